The summed E-state index contributed by atoms with van der Waals surface area (Å²) in [5.74, 6) is 2.78. The number of hydrogen-bond acceptors (Lipinski definition) is 4. The topological polar surface area (TPSA) is 46.0 Å². The van der Waals surface area contributed by atoms with E-state index in [-0.39, 0.29) is 0 Å². The first-order chi connectivity index (χ1) is 9.69. The van der Waals surface area contributed by atoms with Crippen LogP contribution in [0.1, 0.15) is 38.9 Å². The van der Waals surface area contributed by atoms with Gasteiger partial charge in [-0.25, -0.2) is 0 Å². The van der Waals surface area contributed by atoms with Gasteiger partial charge >= 0.3 is 0 Å². The maximum absolute atomic E-state index is 4.26. The first-order valence-electron chi connectivity index (χ1n) is 7.97. The second-order valence-electron chi connectivity index (χ2n) is 6.69. The zero-order valence-electron chi connectivity index (χ0n) is 12.9. The van der Waals surface area contributed by atoms with Gasteiger partial charge in [0.1, 0.15) is 12.2 Å². The molecule has 0 bridgehead atoms. The predicted octanol–water partition coefficient (Wildman–Crippen LogP) is 1.51. The van der Waals surface area contributed by atoms with Crippen LogP contribution in [0.5, 0.6) is 0 Å². The van der Waals surface area contributed by atoms with Gasteiger partial charge in [0.25, 0.3) is 0 Å². The largest absolute Gasteiger partial charge is 0.315 e. The average Bonchev–Trinajstić information content (AvgIpc) is 2.93. The average molecular weight is 277 g/mol. The van der Waals surface area contributed by atoms with Crippen molar-refractivity contribution >= 4 is 0 Å². The zero-order valence-corrected chi connectivity index (χ0v) is 12.9. The van der Waals surface area contributed by atoms with Gasteiger partial charge in [0.15, 0.2) is 0 Å². The molecule has 2 heterocycles. The lowest BCUT2D eigenvalue weighted by Gasteiger charge is -2.44. The molecule has 1 aromatic rings. The first-order valence-corrected chi connectivity index (χ1v) is 7.97. The summed E-state index contributed by atoms with van der Waals surface area (Å²) >= 11 is 0. The van der Waals surface area contributed by atoms with Gasteiger partial charge < -0.3 is 9.88 Å². The molecule has 1 aromatic heterocycles. The van der Waals surface area contributed by atoms with Crippen LogP contribution in [0.2, 0.25) is 0 Å². The molecule has 1 fully saturated rings. The van der Waals surface area contributed by atoms with Gasteiger partial charge in [-0.1, -0.05) is 13.8 Å². The van der Waals surface area contributed by atoms with Crippen LogP contribution < -0.4 is 5.32 Å². The van der Waals surface area contributed by atoms with Crippen LogP contribution >= 0.6 is 0 Å². The fourth-order valence-electron chi connectivity index (χ4n) is 3.89. The summed E-state index contributed by atoms with van der Waals surface area (Å²) in [6.45, 7) is 7.84. The van der Waals surface area contributed by atoms with Crippen molar-refractivity contribution < 1.29 is 0 Å². The molecule has 5 nitrogen and oxygen atoms in total. The summed E-state index contributed by atoms with van der Waals surface area (Å²) in [5, 5.41) is 11.8. The van der Waals surface area contributed by atoms with Crippen molar-refractivity contribution in [3.8, 4) is 0 Å². The standard InChI is InChI=1S/C15H27N5/c1-11(2)12-4-5-13(16-3)14(8-12)19-6-7-20-10-17-18-15(20)9-19/h10-14,16H,4-9H2,1-3H3. The number of nitrogens with one attached hydrogen (secondary N) is 1. The third-order valence-electron chi connectivity index (χ3n) is 5.31. The van der Waals surface area contributed by atoms with Crippen molar-refractivity contribution in [2.75, 3.05) is 13.6 Å². The minimum absolute atomic E-state index is 0.625. The minimum atomic E-state index is 0.625. The van der Waals surface area contributed by atoms with Gasteiger partial charge in [-0.2, -0.15) is 0 Å². The number of hydrogen-bond donors (Lipinski definition) is 1. The van der Waals surface area contributed by atoms with E-state index in [1.807, 2.05) is 6.33 Å². The van der Waals surface area contributed by atoms with Crippen LogP contribution in [0.15, 0.2) is 6.33 Å². The maximum Gasteiger partial charge on any atom is 0.147 e. The molecular weight excluding hydrogens is 250 g/mol. The molecule has 5 heteroatoms. The molecule has 1 N–H and O–H groups in total. The predicted molar refractivity (Wildman–Crippen MR) is 79.2 cm³/mol. The Kier molecular flexibility index (Phi) is 4.08. The monoisotopic (exact) mass is 277 g/mol. The van der Waals surface area contributed by atoms with Gasteiger partial charge in [0.2, 0.25) is 0 Å². The smallest absolute Gasteiger partial charge is 0.147 e. The number of aromatic nitrogens is 3. The normalized spacial score (nSPS) is 31.5. The van der Waals surface area contributed by atoms with Crippen molar-refractivity contribution in [3.05, 3.63) is 12.2 Å². The second kappa shape index (κ2) is 5.82. The molecule has 0 spiro atoms. The van der Waals surface area contributed by atoms with E-state index in [1.165, 1.54) is 19.3 Å². The lowest BCUT2D eigenvalue weighted by molar-refractivity contribution is 0.0641. The van der Waals surface area contributed by atoms with E-state index in [0.717, 1.165) is 37.3 Å². The fourth-order valence-corrected chi connectivity index (χ4v) is 3.89. The molecule has 1 saturated carbocycles. The van der Waals surface area contributed by atoms with E-state index in [2.05, 4.69) is 45.9 Å². The lowest BCUT2D eigenvalue weighted by atomic mass is 9.76. The molecule has 20 heavy (non-hydrogen) atoms. The summed E-state index contributed by atoms with van der Waals surface area (Å²) in [6.07, 6.45) is 5.84. The van der Waals surface area contributed by atoms with Gasteiger partial charge in [0, 0.05) is 25.2 Å². The molecule has 0 amide bonds. The summed E-state index contributed by atoms with van der Waals surface area (Å²) in [7, 11) is 2.11. The van der Waals surface area contributed by atoms with Crippen molar-refractivity contribution in [2.24, 2.45) is 11.8 Å². The molecule has 3 unspecified atom stereocenters. The SMILES string of the molecule is CNC1CCC(C(C)C)CC1N1CCn2cnnc2C1. The van der Waals surface area contributed by atoms with E-state index in [4.69, 9.17) is 0 Å². The lowest BCUT2D eigenvalue weighted by Crippen LogP contribution is -2.54. The Hall–Kier alpha value is -0.940. The molecule has 3 rings (SSSR count). The van der Waals surface area contributed by atoms with Crippen LogP contribution in [-0.2, 0) is 13.1 Å². The summed E-state index contributed by atoms with van der Waals surface area (Å²) < 4.78 is 2.19. The van der Waals surface area contributed by atoms with E-state index < -0.39 is 0 Å². The molecule has 3 atom stereocenters. The number of rotatable bonds is 3. The molecule has 112 valence electrons. The second-order valence-corrected chi connectivity index (χ2v) is 6.69. The molecule has 0 aromatic carbocycles. The third kappa shape index (κ3) is 2.61. The highest BCUT2D eigenvalue weighted by molar-refractivity contribution is 4.97. The highest BCUT2D eigenvalue weighted by Gasteiger charge is 2.36. The van der Waals surface area contributed by atoms with Crippen LogP contribution in [-0.4, -0.2) is 45.3 Å². The van der Waals surface area contributed by atoms with Crippen LogP contribution in [0.3, 0.4) is 0 Å². The van der Waals surface area contributed by atoms with E-state index in [9.17, 15) is 0 Å². The van der Waals surface area contributed by atoms with Gasteiger partial charge in [-0.05, 0) is 38.1 Å². The van der Waals surface area contributed by atoms with Crippen molar-refractivity contribution in [2.45, 2.75) is 58.3 Å². The van der Waals surface area contributed by atoms with E-state index >= 15 is 0 Å². The minimum Gasteiger partial charge on any atom is -0.315 e. The van der Waals surface area contributed by atoms with Gasteiger partial charge in [-0.3, -0.25) is 4.90 Å². The molecule has 1 aliphatic heterocycles. The fraction of sp³-hybridized carbons (Fsp3) is 0.867. The molecular formula is C15H27N5. The number of fused-ring (bicyclic) bond motifs is 1. The Morgan fingerprint density at radius 3 is 2.90 bits per heavy atom. The summed E-state index contributed by atoms with van der Waals surface area (Å²) in [5.41, 5.74) is 0. The number of nitrogens with zero attached hydrogens (tertiary/aromatic N) is 4. The van der Waals surface area contributed by atoms with Crippen molar-refractivity contribution in [1.82, 2.24) is 25.0 Å². The highest BCUT2D eigenvalue weighted by Crippen LogP contribution is 2.33. The Balaban J connectivity index is 1.73. The van der Waals surface area contributed by atoms with Crippen LogP contribution in [0.25, 0.3) is 0 Å². The van der Waals surface area contributed by atoms with Crippen molar-refractivity contribution in [1.29, 1.82) is 0 Å². The molecule has 1 aliphatic carbocycles. The van der Waals surface area contributed by atoms with E-state index in [1.54, 1.807) is 0 Å². The Labute approximate surface area is 121 Å². The molecule has 2 aliphatic rings. The maximum atomic E-state index is 4.26. The summed E-state index contributed by atoms with van der Waals surface area (Å²) in [6, 6.07) is 1.27. The highest BCUT2D eigenvalue weighted by atomic mass is 15.3. The van der Waals surface area contributed by atoms with Gasteiger partial charge in [0.05, 0.1) is 6.54 Å². The molecule has 0 saturated heterocycles. The van der Waals surface area contributed by atoms with Gasteiger partial charge in [-0.15, -0.1) is 10.2 Å². The van der Waals surface area contributed by atoms with Crippen LogP contribution in [0.4, 0.5) is 0 Å². The summed E-state index contributed by atoms with van der Waals surface area (Å²) in [4.78, 5) is 2.62. The van der Waals surface area contributed by atoms with Crippen LogP contribution in [0, 0.1) is 11.8 Å². The third-order valence-corrected chi connectivity index (χ3v) is 5.31. The first kappa shape index (κ1) is 14.0. The Morgan fingerprint density at radius 1 is 1.30 bits per heavy atom. The quantitative estimate of drug-likeness (QED) is 0.909. The van der Waals surface area contributed by atoms with Crippen molar-refractivity contribution in [3.63, 3.8) is 0 Å². The molecule has 0 radical (unpaired) electrons. The zero-order chi connectivity index (χ0) is 14.1. The number of likely N-dealkylation sites (N-methyl/N-ethyl adjacent to an activating group) is 1. The van der Waals surface area contributed by atoms with E-state index in [0.29, 0.717) is 12.1 Å². The Morgan fingerprint density at radius 2 is 2.15 bits per heavy atom. The Bertz CT molecular complexity index is 441.